The van der Waals surface area contributed by atoms with E-state index in [0.29, 0.717) is 6.42 Å². The number of rotatable bonds is 5. The molecule has 13 heavy (non-hydrogen) atoms. The molecule has 0 rings (SSSR count). The van der Waals surface area contributed by atoms with E-state index in [-0.39, 0.29) is 6.42 Å². The van der Waals surface area contributed by atoms with Gasteiger partial charge in [0, 0.05) is 0 Å². The molecule has 1 N–H and O–H groups in total. The molecule has 0 bridgehead atoms. The summed E-state index contributed by atoms with van der Waals surface area (Å²) in [5.41, 5.74) is 0. The van der Waals surface area contributed by atoms with Crippen LogP contribution >= 0.6 is 0 Å². The number of hydrogen-bond acceptors (Lipinski definition) is 3. The number of carboxylic acid groups (broad SMARTS) is 1. The van der Waals surface area contributed by atoms with Crippen molar-refractivity contribution in [2.75, 3.05) is 0 Å². The molecule has 0 aromatic heterocycles. The van der Waals surface area contributed by atoms with Gasteiger partial charge in [0.05, 0.1) is 16.9 Å². The maximum atomic E-state index is 11.5. The van der Waals surface area contributed by atoms with Crippen molar-refractivity contribution in [2.45, 2.75) is 44.1 Å². The second-order valence-corrected chi connectivity index (χ2v) is 6.00. The lowest BCUT2D eigenvalue weighted by Crippen LogP contribution is -2.29. The van der Waals surface area contributed by atoms with Gasteiger partial charge in [0.2, 0.25) is 0 Å². The highest BCUT2D eigenvalue weighted by Gasteiger charge is 2.27. The predicted octanol–water partition coefficient (Wildman–Crippen LogP) is 1.06. The fourth-order valence-electron chi connectivity index (χ4n) is 0.991. The molecule has 0 heterocycles. The Kier molecular flexibility index (Phi) is 4.39. The third-order valence-electron chi connectivity index (χ3n) is 2.16. The highest BCUT2D eigenvalue weighted by Crippen LogP contribution is 2.14. The van der Waals surface area contributed by atoms with Crippen molar-refractivity contribution in [3.8, 4) is 0 Å². The highest BCUT2D eigenvalue weighted by atomic mass is 32.2. The molecule has 78 valence electrons. The Morgan fingerprint density at radius 2 is 1.77 bits per heavy atom. The van der Waals surface area contributed by atoms with Gasteiger partial charge in [-0.05, 0) is 20.3 Å². The minimum Gasteiger partial charge on any atom is -0.481 e. The Balaban J connectivity index is 4.55. The number of aliphatic carboxylic acids is 1. The van der Waals surface area contributed by atoms with Gasteiger partial charge < -0.3 is 5.11 Å². The second-order valence-electron chi connectivity index (χ2n) is 3.22. The van der Waals surface area contributed by atoms with E-state index in [0.717, 1.165) is 0 Å². The summed E-state index contributed by atoms with van der Waals surface area (Å²) in [6.07, 6.45) is 0.207. The minimum absolute atomic E-state index is 0.313. The van der Waals surface area contributed by atoms with Crippen LogP contribution in [0.25, 0.3) is 0 Å². The first-order valence-corrected chi connectivity index (χ1v) is 5.87. The molecule has 2 unspecified atom stereocenters. The largest absolute Gasteiger partial charge is 0.481 e. The molecule has 0 saturated heterocycles. The molecule has 0 amide bonds. The van der Waals surface area contributed by atoms with Gasteiger partial charge in [-0.3, -0.25) is 4.79 Å². The highest BCUT2D eigenvalue weighted by molar-refractivity contribution is 7.92. The van der Waals surface area contributed by atoms with Gasteiger partial charge in [0.25, 0.3) is 0 Å². The zero-order chi connectivity index (χ0) is 10.6. The van der Waals surface area contributed by atoms with E-state index >= 15 is 0 Å². The molecule has 0 aromatic rings. The monoisotopic (exact) mass is 208 g/mol. The molecule has 0 aliphatic carbocycles. The molecule has 0 aromatic carbocycles. The van der Waals surface area contributed by atoms with Crippen molar-refractivity contribution in [3.63, 3.8) is 0 Å². The summed E-state index contributed by atoms with van der Waals surface area (Å²) in [5, 5.41) is 7.19. The zero-order valence-corrected chi connectivity index (χ0v) is 8.97. The number of carboxylic acids is 1. The minimum atomic E-state index is -3.26. The molecule has 0 saturated carbocycles. The number of hydrogen-bond donors (Lipinski definition) is 1. The summed E-state index contributed by atoms with van der Waals surface area (Å²) in [4.78, 5) is 10.3. The second kappa shape index (κ2) is 4.60. The predicted molar refractivity (Wildman–Crippen MR) is 50.4 cm³/mol. The van der Waals surface area contributed by atoms with E-state index in [1.807, 2.05) is 0 Å². The van der Waals surface area contributed by atoms with E-state index in [2.05, 4.69) is 0 Å². The van der Waals surface area contributed by atoms with Crippen molar-refractivity contribution in [1.29, 1.82) is 0 Å². The Morgan fingerprint density at radius 3 is 2.08 bits per heavy atom. The number of carbonyl (C=O) groups is 1. The molecule has 0 radical (unpaired) electrons. The van der Waals surface area contributed by atoms with Gasteiger partial charge in [0.15, 0.2) is 9.84 Å². The van der Waals surface area contributed by atoms with Crippen LogP contribution in [-0.2, 0) is 14.6 Å². The van der Waals surface area contributed by atoms with Gasteiger partial charge in [0.1, 0.15) is 0 Å². The summed E-state index contributed by atoms with van der Waals surface area (Å²) in [6, 6.07) is 0. The van der Waals surface area contributed by atoms with Crippen LogP contribution in [0.5, 0.6) is 0 Å². The van der Waals surface area contributed by atoms with Crippen molar-refractivity contribution in [1.82, 2.24) is 0 Å². The first-order valence-electron chi connectivity index (χ1n) is 4.26. The van der Waals surface area contributed by atoms with Crippen molar-refractivity contribution >= 4 is 15.8 Å². The lowest BCUT2D eigenvalue weighted by Gasteiger charge is -2.15. The standard InChI is InChI=1S/C8H16O4S/c1-4-6(2)13(11,12)7(3)5-8(9)10/h6-7H,4-5H2,1-3H3,(H,9,10). The van der Waals surface area contributed by atoms with Crippen LogP contribution in [0.1, 0.15) is 33.6 Å². The summed E-state index contributed by atoms with van der Waals surface area (Å²) in [7, 11) is -3.26. The summed E-state index contributed by atoms with van der Waals surface area (Å²) in [5.74, 6) is -1.07. The van der Waals surface area contributed by atoms with Crippen LogP contribution in [-0.4, -0.2) is 30.0 Å². The Bertz CT molecular complexity index is 268. The van der Waals surface area contributed by atoms with Crippen molar-refractivity contribution in [3.05, 3.63) is 0 Å². The average Bonchev–Trinajstić information content (AvgIpc) is 2.01. The van der Waals surface area contributed by atoms with Gasteiger partial charge in [-0.15, -0.1) is 0 Å². The molecule has 0 aliphatic rings. The SMILES string of the molecule is CCC(C)S(=O)(=O)C(C)CC(=O)O. The Morgan fingerprint density at radius 1 is 1.31 bits per heavy atom. The van der Waals surface area contributed by atoms with E-state index in [1.54, 1.807) is 13.8 Å². The molecule has 0 fully saturated rings. The zero-order valence-electron chi connectivity index (χ0n) is 8.15. The fourth-order valence-corrected chi connectivity index (χ4v) is 2.62. The lowest BCUT2D eigenvalue weighted by atomic mass is 10.3. The lowest BCUT2D eigenvalue weighted by molar-refractivity contribution is -0.136. The molecule has 0 aliphatic heterocycles. The van der Waals surface area contributed by atoms with Crippen LogP contribution in [0, 0.1) is 0 Å². The maximum absolute atomic E-state index is 11.5. The molecular weight excluding hydrogens is 192 g/mol. The molecule has 2 atom stereocenters. The fraction of sp³-hybridized carbons (Fsp3) is 0.875. The van der Waals surface area contributed by atoms with Crippen LogP contribution < -0.4 is 0 Å². The van der Waals surface area contributed by atoms with Crippen LogP contribution in [0.4, 0.5) is 0 Å². The molecule has 4 nitrogen and oxygen atoms in total. The topological polar surface area (TPSA) is 71.4 Å². The maximum Gasteiger partial charge on any atom is 0.304 e. The van der Waals surface area contributed by atoms with Crippen LogP contribution in [0.3, 0.4) is 0 Å². The van der Waals surface area contributed by atoms with Gasteiger partial charge in [-0.2, -0.15) is 0 Å². The van der Waals surface area contributed by atoms with Crippen molar-refractivity contribution in [2.24, 2.45) is 0 Å². The van der Waals surface area contributed by atoms with E-state index in [4.69, 9.17) is 5.11 Å². The summed E-state index contributed by atoms with van der Waals surface area (Å²) >= 11 is 0. The Labute approximate surface area is 78.9 Å². The quantitative estimate of drug-likeness (QED) is 0.733. The molecule has 0 spiro atoms. The summed E-state index contributed by atoms with van der Waals surface area (Å²) in [6.45, 7) is 4.82. The van der Waals surface area contributed by atoms with E-state index in [9.17, 15) is 13.2 Å². The van der Waals surface area contributed by atoms with Gasteiger partial charge in [-0.1, -0.05) is 6.92 Å². The van der Waals surface area contributed by atoms with Crippen LogP contribution in [0.15, 0.2) is 0 Å². The normalized spacial score (nSPS) is 16.5. The number of sulfone groups is 1. The first kappa shape index (κ1) is 12.4. The van der Waals surface area contributed by atoms with Gasteiger partial charge in [-0.25, -0.2) is 8.42 Å². The Hall–Kier alpha value is -0.580. The first-order chi connectivity index (χ1) is 5.82. The third-order valence-corrected chi connectivity index (χ3v) is 4.90. The summed E-state index contributed by atoms with van der Waals surface area (Å²) < 4.78 is 23.1. The molecular formula is C8H16O4S. The molecule has 5 heteroatoms. The van der Waals surface area contributed by atoms with E-state index in [1.165, 1.54) is 6.92 Å². The average molecular weight is 208 g/mol. The third kappa shape index (κ3) is 3.34. The van der Waals surface area contributed by atoms with Crippen molar-refractivity contribution < 1.29 is 18.3 Å². The van der Waals surface area contributed by atoms with Gasteiger partial charge >= 0.3 is 5.97 Å². The smallest absolute Gasteiger partial charge is 0.304 e. The van der Waals surface area contributed by atoms with Crippen LogP contribution in [0.2, 0.25) is 0 Å². The van der Waals surface area contributed by atoms with E-state index < -0.39 is 26.3 Å².